The number of amides is 3. The highest BCUT2D eigenvalue weighted by Gasteiger charge is 2.36. The fourth-order valence-corrected chi connectivity index (χ4v) is 6.43. The molecule has 6 rings (SSSR count). The maximum Gasteiger partial charge on any atom is 0.295 e. The second kappa shape index (κ2) is 9.68. The Hall–Kier alpha value is -4.48. The molecule has 1 aliphatic rings. The van der Waals surface area contributed by atoms with Crippen LogP contribution in [0.4, 0.5) is 11.4 Å². The highest BCUT2D eigenvalue weighted by molar-refractivity contribution is 8.01. The molecule has 0 spiro atoms. The lowest BCUT2D eigenvalue weighted by Crippen LogP contribution is -2.29. The van der Waals surface area contributed by atoms with Gasteiger partial charge in [-0.25, -0.2) is 14.6 Å². The largest absolute Gasteiger partial charge is 0.319 e. The van der Waals surface area contributed by atoms with Gasteiger partial charge in [0.2, 0.25) is 5.91 Å². The Kier molecular flexibility index (Phi) is 6.16. The van der Waals surface area contributed by atoms with Crippen molar-refractivity contribution >= 4 is 62.4 Å². The quantitative estimate of drug-likeness (QED) is 0.242. The van der Waals surface area contributed by atoms with E-state index in [0.29, 0.717) is 38.1 Å². The van der Waals surface area contributed by atoms with Gasteiger partial charge in [-0.15, -0.1) is 11.3 Å². The van der Waals surface area contributed by atoms with Crippen molar-refractivity contribution in [2.24, 2.45) is 7.05 Å². The van der Waals surface area contributed by atoms with E-state index in [4.69, 9.17) is 0 Å². The molecule has 0 fully saturated rings. The van der Waals surface area contributed by atoms with Gasteiger partial charge in [-0.1, -0.05) is 42.1 Å². The summed E-state index contributed by atoms with van der Waals surface area (Å²) >= 11 is 2.62. The molecule has 1 N–H and O–H groups in total. The van der Waals surface area contributed by atoms with Gasteiger partial charge in [0.15, 0.2) is 4.34 Å². The normalized spacial score (nSPS) is 12.8. The molecule has 39 heavy (non-hydrogen) atoms. The first-order chi connectivity index (χ1) is 18.8. The highest BCUT2D eigenvalue weighted by Crippen LogP contribution is 2.35. The number of hydrogen-bond donors (Lipinski definition) is 1. The van der Waals surface area contributed by atoms with E-state index in [2.05, 4.69) is 10.3 Å². The van der Waals surface area contributed by atoms with Gasteiger partial charge in [-0.05, 0) is 49.4 Å². The van der Waals surface area contributed by atoms with Gasteiger partial charge in [-0.3, -0.25) is 23.9 Å². The molecule has 0 aliphatic carbocycles. The molecule has 1 aliphatic heterocycles. The molecule has 9 nitrogen and oxygen atoms in total. The summed E-state index contributed by atoms with van der Waals surface area (Å²) in [7, 11) is 1.77. The molecule has 5 aromatic rings. The topological polar surface area (TPSA) is 106 Å². The average molecular weight is 556 g/mol. The van der Waals surface area contributed by atoms with E-state index in [9.17, 15) is 19.2 Å². The number of carbonyl (C=O) groups excluding carboxylic acids is 3. The number of aromatic nitrogens is 3. The molecule has 0 bridgehead atoms. The average Bonchev–Trinajstić information content (AvgIpc) is 3.54. The predicted octanol–water partition coefficient (Wildman–Crippen LogP) is 4.63. The zero-order valence-corrected chi connectivity index (χ0v) is 22.5. The fourth-order valence-electron chi connectivity index (χ4n) is 4.53. The van der Waals surface area contributed by atoms with E-state index in [1.807, 2.05) is 30.3 Å². The molecule has 2 aromatic heterocycles. The number of carbonyl (C=O) groups is 3. The number of thiazole rings is 1. The van der Waals surface area contributed by atoms with E-state index in [-0.39, 0.29) is 34.7 Å². The number of rotatable bonds is 6. The van der Waals surface area contributed by atoms with Gasteiger partial charge in [0.05, 0.1) is 44.2 Å². The first-order valence-electron chi connectivity index (χ1n) is 12.0. The van der Waals surface area contributed by atoms with Crippen LogP contribution in [-0.4, -0.2) is 37.8 Å². The molecule has 0 saturated carbocycles. The van der Waals surface area contributed by atoms with Crippen LogP contribution in [0.25, 0.3) is 15.9 Å². The molecule has 11 heteroatoms. The Bertz CT molecular complexity index is 1820. The van der Waals surface area contributed by atoms with Crippen LogP contribution in [0.3, 0.4) is 0 Å². The molecule has 0 saturated heterocycles. The van der Waals surface area contributed by atoms with Crippen LogP contribution in [0.1, 0.15) is 26.4 Å². The second-order valence-corrected chi connectivity index (χ2v) is 11.1. The Morgan fingerprint density at radius 1 is 0.923 bits per heavy atom. The van der Waals surface area contributed by atoms with Crippen molar-refractivity contribution in [3.63, 3.8) is 0 Å². The molecule has 3 aromatic carbocycles. The minimum Gasteiger partial charge on any atom is -0.319 e. The van der Waals surface area contributed by atoms with Crippen molar-refractivity contribution in [3.8, 4) is 5.69 Å². The predicted molar refractivity (Wildman–Crippen MR) is 152 cm³/mol. The van der Waals surface area contributed by atoms with E-state index in [1.165, 1.54) is 32.7 Å². The van der Waals surface area contributed by atoms with Crippen molar-refractivity contribution < 1.29 is 14.4 Å². The summed E-state index contributed by atoms with van der Waals surface area (Å²) in [5, 5.41) is 2.76. The lowest BCUT2D eigenvalue weighted by atomic mass is 10.1. The molecule has 0 radical (unpaired) electrons. The second-order valence-electron chi connectivity index (χ2n) is 8.90. The van der Waals surface area contributed by atoms with Crippen LogP contribution in [0.2, 0.25) is 0 Å². The molecular weight excluding hydrogens is 534 g/mol. The molecule has 194 valence electrons. The lowest BCUT2D eigenvalue weighted by Gasteiger charge is -2.13. The third kappa shape index (κ3) is 4.25. The number of hydrogen-bond acceptors (Lipinski definition) is 7. The number of imide groups is 1. The zero-order chi connectivity index (χ0) is 27.3. The molecule has 0 unspecified atom stereocenters. The van der Waals surface area contributed by atoms with Crippen molar-refractivity contribution in [1.29, 1.82) is 0 Å². The summed E-state index contributed by atoms with van der Waals surface area (Å²) in [6, 6.07) is 21.2. The Labute approximate surface area is 230 Å². The smallest absolute Gasteiger partial charge is 0.295 e. The third-order valence-electron chi connectivity index (χ3n) is 6.55. The van der Waals surface area contributed by atoms with Crippen LogP contribution in [0, 0.1) is 6.92 Å². The summed E-state index contributed by atoms with van der Waals surface area (Å²) in [4.78, 5) is 57.3. The number of anilines is 2. The SMILES string of the molecule is Cc1c(NC(=O)CSc2nc3ccc(N4C(=O)c5ccccc5C4=O)cc3s2)c(=O)n(-c2ccccc2)n1C. The van der Waals surface area contributed by atoms with Gasteiger partial charge in [0.25, 0.3) is 17.4 Å². The maximum absolute atomic E-state index is 13.1. The molecule has 3 amide bonds. The standard InChI is InChI=1S/C28H21N5O4S2/c1-16-24(27(37)33(31(16)2)17-8-4-3-5-9-17)30-23(34)15-38-28-29-21-13-12-18(14-22(21)39-28)32-25(35)19-10-6-7-11-20(19)26(32)36/h3-14H,15H2,1-2H3,(H,30,34). The van der Waals surface area contributed by atoms with Gasteiger partial charge in [-0.2, -0.15) is 0 Å². The zero-order valence-electron chi connectivity index (χ0n) is 20.9. The van der Waals surface area contributed by atoms with E-state index < -0.39 is 0 Å². The Balaban J connectivity index is 1.17. The summed E-state index contributed by atoms with van der Waals surface area (Å²) in [6.07, 6.45) is 0. The van der Waals surface area contributed by atoms with Crippen LogP contribution in [-0.2, 0) is 11.8 Å². The van der Waals surface area contributed by atoms with Crippen LogP contribution >= 0.6 is 23.1 Å². The maximum atomic E-state index is 13.1. The van der Waals surface area contributed by atoms with Crippen molar-refractivity contribution in [3.05, 3.63) is 100.0 Å². The monoisotopic (exact) mass is 555 g/mol. The van der Waals surface area contributed by atoms with Crippen LogP contribution < -0.4 is 15.8 Å². The van der Waals surface area contributed by atoms with E-state index in [1.54, 1.807) is 61.1 Å². The molecule has 3 heterocycles. The Morgan fingerprint density at radius 2 is 1.59 bits per heavy atom. The van der Waals surface area contributed by atoms with Gasteiger partial charge in [0.1, 0.15) is 5.69 Å². The summed E-state index contributed by atoms with van der Waals surface area (Å²) in [5.41, 5.74) is 3.23. The Morgan fingerprint density at radius 3 is 2.28 bits per heavy atom. The summed E-state index contributed by atoms with van der Waals surface area (Å²) in [6.45, 7) is 1.78. The third-order valence-corrected chi connectivity index (χ3v) is 8.71. The van der Waals surface area contributed by atoms with Crippen LogP contribution in [0.5, 0.6) is 0 Å². The number of nitrogens with zero attached hydrogens (tertiary/aromatic N) is 4. The molecule has 0 atom stereocenters. The van der Waals surface area contributed by atoms with Gasteiger partial charge in [0, 0.05) is 7.05 Å². The lowest BCUT2D eigenvalue weighted by molar-refractivity contribution is -0.113. The van der Waals surface area contributed by atoms with Crippen molar-refractivity contribution in [1.82, 2.24) is 14.3 Å². The van der Waals surface area contributed by atoms with E-state index >= 15 is 0 Å². The number of nitrogens with one attached hydrogen (secondary N) is 1. The number of para-hydroxylation sites is 1. The minimum absolute atomic E-state index is 0.0597. The summed E-state index contributed by atoms with van der Waals surface area (Å²) in [5.74, 6) is -0.969. The minimum atomic E-state index is -0.353. The number of thioether (sulfide) groups is 1. The molecular formula is C28H21N5O4S2. The fraction of sp³-hybridized carbons (Fsp3) is 0.107. The summed E-state index contributed by atoms with van der Waals surface area (Å²) < 4.78 is 4.67. The first-order valence-corrected chi connectivity index (χ1v) is 13.8. The van der Waals surface area contributed by atoms with Crippen molar-refractivity contribution in [2.75, 3.05) is 16.0 Å². The highest BCUT2D eigenvalue weighted by atomic mass is 32.2. The number of benzene rings is 3. The first kappa shape index (κ1) is 24.8. The van der Waals surface area contributed by atoms with Gasteiger partial charge >= 0.3 is 0 Å². The van der Waals surface area contributed by atoms with Gasteiger partial charge < -0.3 is 5.32 Å². The number of fused-ring (bicyclic) bond motifs is 2. The van der Waals surface area contributed by atoms with E-state index in [0.717, 1.165) is 4.70 Å². The van der Waals surface area contributed by atoms with Crippen molar-refractivity contribution in [2.45, 2.75) is 11.3 Å². The van der Waals surface area contributed by atoms with Crippen LogP contribution in [0.15, 0.2) is 81.9 Å².